The maximum Gasteiger partial charge on any atom is 0.110 e. The molecule has 1 N–H and O–H groups in total. The largest absolute Gasteiger partial charge is 0.388 e. The Bertz CT molecular complexity index is 472. The van der Waals surface area contributed by atoms with Crippen molar-refractivity contribution in [3.63, 3.8) is 0 Å². The first-order valence-electron chi connectivity index (χ1n) is 6.00. The molecular weight excluding hydrogens is 214 g/mol. The average molecular weight is 233 g/mol. The number of aromatic nitrogens is 3. The molecule has 2 rings (SSSR count). The van der Waals surface area contributed by atoms with Crippen molar-refractivity contribution < 1.29 is 5.11 Å². The van der Waals surface area contributed by atoms with E-state index in [-0.39, 0.29) is 6.10 Å². The van der Waals surface area contributed by atoms with Gasteiger partial charge in [-0.15, -0.1) is 0 Å². The topological polar surface area (TPSA) is 43.0 Å². The number of rotatable bonds is 5. The van der Waals surface area contributed by atoms with E-state index in [1.165, 1.54) is 0 Å². The zero-order chi connectivity index (χ0) is 12.3. The van der Waals surface area contributed by atoms with Gasteiger partial charge < -0.3 is 14.2 Å². The van der Waals surface area contributed by atoms with Crippen LogP contribution in [0.2, 0.25) is 0 Å². The molecule has 0 amide bonds. The molecule has 92 valence electrons. The second-order valence-corrected chi connectivity index (χ2v) is 4.31. The molecule has 0 aliphatic carbocycles. The molecule has 4 nitrogen and oxygen atoms in total. The number of hydrogen-bond acceptors (Lipinski definition) is 2. The van der Waals surface area contributed by atoms with E-state index in [1.54, 1.807) is 0 Å². The highest BCUT2D eigenvalue weighted by Crippen LogP contribution is 2.16. The molecule has 0 aromatic carbocycles. The molecule has 0 bridgehead atoms. The van der Waals surface area contributed by atoms with Crippen molar-refractivity contribution in [1.29, 1.82) is 0 Å². The summed E-state index contributed by atoms with van der Waals surface area (Å²) in [4.78, 5) is 4.29. The standard InChI is InChI=1S/C13H19N3O/c1-3-12(17)11-4-7-16(10-11)8-5-13-14-6-9-15(13)2/h4,6-7,9-10,12,17H,3,5,8H2,1-2H3. The SMILES string of the molecule is CCC(O)c1ccn(CCc2nccn2C)c1. The molecule has 0 radical (unpaired) electrons. The van der Waals surface area contributed by atoms with Gasteiger partial charge in [-0.2, -0.15) is 0 Å². The van der Waals surface area contributed by atoms with Crippen molar-refractivity contribution in [2.24, 2.45) is 7.05 Å². The van der Waals surface area contributed by atoms with Gasteiger partial charge in [0.25, 0.3) is 0 Å². The lowest BCUT2D eigenvalue weighted by molar-refractivity contribution is 0.173. The van der Waals surface area contributed by atoms with Crippen LogP contribution in [0.15, 0.2) is 30.9 Å². The molecule has 2 aromatic heterocycles. The van der Waals surface area contributed by atoms with Crippen LogP contribution in [0.25, 0.3) is 0 Å². The lowest BCUT2D eigenvalue weighted by atomic mass is 10.1. The van der Waals surface area contributed by atoms with Crippen LogP contribution in [-0.2, 0) is 20.0 Å². The molecule has 2 heterocycles. The van der Waals surface area contributed by atoms with Gasteiger partial charge in [0.05, 0.1) is 6.10 Å². The van der Waals surface area contributed by atoms with Crippen LogP contribution in [0.1, 0.15) is 30.8 Å². The molecule has 0 aliphatic heterocycles. The summed E-state index contributed by atoms with van der Waals surface area (Å²) in [6.45, 7) is 2.87. The number of nitrogens with zero attached hydrogens (tertiary/aromatic N) is 3. The summed E-state index contributed by atoms with van der Waals surface area (Å²) >= 11 is 0. The highest BCUT2D eigenvalue weighted by molar-refractivity contribution is 5.13. The molecule has 1 unspecified atom stereocenters. The van der Waals surface area contributed by atoms with E-state index in [4.69, 9.17) is 0 Å². The minimum atomic E-state index is -0.343. The molecule has 0 fully saturated rings. The van der Waals surface area contributed by atoms with Crippen LogP contribution in [0.4, 0.5) is 0 Å². The number of aliphatic hydroxyl groups is 1. The number of aliphatic hydroxyl groups excluding tert-OH is 1. The Kier molecular flexibility index (Phi) is 3.64. The van der Waals surface area contributed by atoms with E-state index in [9.17, 15) is 5.11 Å². The van der Waals surface area contributed by atoms with Crippen molar-refractivity contribution in [3.8, 4) is 0 Å². The van der Waals surface area contributed by atoms with Crippen LogP contribution in [-0.4, -0.2) is 19.2 Å². The zero-order valence-corrected chi connectivity index (χ0v) is 10.4. The Balaban J connectivity index is 1.96. The number of aryl methyl sites for hydroxylation is 3. The minimum Gasteiger partial charge on any atom is -0.388 e. The molecule has 0 spiro atoms. The van der Waals surface area contributed by atoms with Crippen LogP contribution >= 0.6 is 0 Å². The van der Waals surface area contributed by atoms with Gasteiger partial charge >= 0.3 is 0 Å². The zero-order valence-electron chi connectivity index (χ0n) is 10.4. The fourth-order valence-electron chi connectivity index (χ4n) is 1.90. The smallest absolute Gasteiger partial charge is 0.110 e. The van der Waals surface area contributed by atoms with E-state index in [1.807, 2.05) is 49.4 Å². The highest BCUT2D eigenvalue weighted by atomic mass is 16.3. The first kappa shape index (κ1) is 11.9. The Morgan fingerprint density at radius 2 is 2.24 bits per heavy atom. The van der Waals surface area contributed by atoms with Gasteiger partial charge in [-0.25, -0.2) is 4.98 Å². The van der Waals surface area contributed by atoms with Crippen LogP contribution in [0.3, 0.4) is 0 Å². The monoisotopic (exact) mass is 233 g/mol. The third-order valence-corrected chi connectivity index (χ3v) is 3.06. The lowest BCUT2D eigenvalue weighted by Gasteiger charge is -2.05. The van der Waals surface area contributed by atoms with Crippen LogP contribution in [0.5, 0.6) is 0 Å². The van der Waals surface area contributed by atoms with Crippen LogP contribution in [0, 0.1) is 0 Å². The summed E-state index contributed by atoms with van der Waals surface area (Å²) in [5.41, 5.74) is 0.993. The summed E-state index contributed by atoms with van der Waals surface area (Å²) in [6.07, 6.45) is 9.11. The Morgan fingerprint density at radius 1 is 1.41 bits per heavy atom. The van der Waals surface area contributed by atoms with Crippen molar-refractivity contribution in [2.75, 3.05) is 0 Å². The van der Waals surface area contributed by atoms with Gasteiger partial charge in [0.2, 0.25) is 0 Å². The molecule has 0 saturated carbocycles. The van der Waals surface area contributed by atoms with Gasteiger partial charge in [0.15, 0.2) is 0 Å². The fourth-order valence-corrected chi connectivity index (χ4v) is 1.90. The molecule has 0 saturated heterocycles. The van der Waals surface area contributed by atoms with Gasteiger partial charge in [-0.1, -0.05) is 6.92 Å². The Labute approximate surface area is 102 Å². The average Bonchev–Trinajstić information content (AvgIpc) is 2.94. The molecule has 17 heavy (non-hydrogen) atoms. The summed E-state index contributed by atoms with van der Waals surface area (Å²) in [6, 6.07) is 1.98. The maximum atomic E-state index is 9.71. The lowest BCUT2D eigenvalue weighted by Crippen LogP contribution is -2.04. The Morgan fingerprint density at radius 3 is 2.88 bits per heavy atom. The highest BCUT2D eigenvalue weighted by Gasteiger charge is 2.06. The van der Waals surface area contributed by atoms with Gasteiger partial charge in [0.1, 0.15) is 5.82 Å². The number of hydrogen-bond donors (Lipinski definition) is 1. The third kappa shape index (κ3) is 2.77. The van der Waals surface area contributed by atoms with Crippen molar-refractivity contribution in [2.45, 2.75) is 32.4 Å². The first-order chi connectivity index (χ1) is 8.20. The van der Waals surface area contributed by atoms with Crippen molar-refractivity contribution in [1.82, 2.24) is 14.1 Å². The molecule has 4 heteroatoms. The third-order valence-electron chi connectivity index (χ3n) is 3.06. The second-order valence-electron chi connectivity index (χ2n) is 4.31. The van der Waals surface area contributed by atoms with Gasteiger partial charge in [0, 0.05) is 44.8 Å². The number of imidazole rings is 1. The quantitative estimate of drug-likeness (QED) is 0.857. The normalized spacial score (nSPS) is 12.9. The van der Waals surface area contributed by atoms with Gasteiger partial charge in [-0.05, 0) is 18.1 Å². The summed E-state index contributed by atoms with van der Waals surface area (Å²) in [5, 5.41) is 9.71. The van der Waals surface area contributed by atoms with E-state index in [2.05, 4.69) is 9.55 Å². The van der Waals surface area contributed by atoms with E-state index in [0.717, 1.165) is 30.8 Å². The predicted octanol–water partition coefficient (Wildman–Crippen LogP) is 1.91. The van der Waals surface area contributed by atoms with Crippen molar-refractivity contribution in [3.05, 3.63) is 42.2 Å². The maximum absolute atomic E-state index is 9.71. The first-order valence-corrected chi connectivity index (χ1v) is 6.00. The molecule has 0 aliphatic rings. The van der Waals surface area contributed by atoms with Crippen LogP contribution < -0.4 is 0 Å². The molecule has 2 aromatic rings. The molecule has 1 atom stereocenters. The van der Waals surface area contributed by atoms with E-state index in [0.29, 0.717) is 0 Å². The van der Waals surface area contributed by atoms with E-state index >= 15 is 0 Å². The molecular formula is C13H19N3O. The van der Waals surface area contributed by atoms with Gasteiger partial charge in [-0.3, -0.25) is 0 Å². The fraction of sp³-hybridized carbons (Fsp3) is 0.462. The van der Waals surface area contributed by atoms with E-state index < -0.39 is 0 Å². The predicted molar refractivity (Wildman–Crippen MR) is 66.6 cm³/mol. The summed E-state index contributed by atoms with van der Waals surface area (Å²) in [7, 11) is 2.00. The Hall–Kier alpha value is -1.55. The summed E-state index contributed by atoms with van der Waals surface area (Å²) < 4.78 is 4.13. The second kappa shape index (κ2) is 5.19. The minimum absolute atomic E-state index is 0.343. The van der Waals surface area contributed by atoms with Crippen molar-refractivity contribution >= 4 is 0 Å². The summed E-state index contributed by atoms with van der Waals surface area (Å²) in [5.74, 6) is 1.08.